The zero-order valence-electron chi connectivity index (χ0n) is 11.4. The summed E-state index contributed by atoms with van der Waals surface area (Å²) in [6.45, 7) is 1.18. The molecule has 0 saturated carbocycles. The third kappa shape index (κ3) is 2.79. The van der Waals surface area contributed by atoms with E-state index in [1.165, 1.54) is 5.56 Å². The number of fused-ring (bicyclic) bond motifs is 1. The molecule has 2 aromatic rings. The van der Waals surface area contributed by atoms with Crippen LogP contribution in [0.4, 0.5) is 5.69 Å². The van der Waals surface area contributed by atoms with Gasteiger partial charge >= 0.3 is 0 Å². The fraction of sp³-hybridized carbons (Fsp3) is 0.250. The molecule has 1 N–H and O–H groups in total. The molecule has 0 aliphatic carbocycles. The molecule has 0 atom stereocenters. The normalized spacial score (nSPS) is 12.2. The van der Waals surface area contributed by atoms with E-state index in [0.29, 0.717) is 6.79 Å². The maximum atomic E-state index is 5.35. The number of methoxy groups -OCH3 is 1. The SMILES string of the molecule is COc1ccc(CCNc2ccc3c(c2)OCO3)cc1. The molecular weight excluding hydrogens is 254 g/mol. The van der Waals surface area contributed by atoms with E-state index >= 15 is 0 Å². The molecule has 0 aromatic heterocycles. The van der Waals surface area contributed by atoms with E-state index in [1.54, 1.807) is 7.11 Å². The monoisotopic (exact) mass is 271 g/mol. The van der Waals surface area contributed by atoms with Gasteiger partial charge in [-0.25, -0.2) is 0 Å². The zero-order chi connectivity index (χ0) is 13.8. The first-order valence-corrected chi connectivity index (χ1v) is 6.61. The highest BCUT2D eigenvalue weighted by Gasteiger charge is 2.12. The lowest BCUT2D eigenvalue weighted by Gasteiger charge is -2.08. The predicted molar refractivity (Wildman–Crippen MR) is 77.8 cm³/mol. The van der Waals surface area contributed by atoms with Gasteiger partial charge in [0.2, 0.25) is 6.79 Å². The summed E-state index contributed by atoms with van der Waals surface area (Å²) in [6.07, 6.45) is 0.957. The van der Waals surface area contributed by atoms with Crippen LogP contribution in [-0.2, 0) is 6.42 Å². The molecule has 1 heterocycles. The van der Waals surface area contributed by atoms with Crippen molar-refractivity contribution in [1.29, 1.82) is 0 Å². The Morgan fingerprint density at radius 3 is 2.65 bits per heavy atom. The Morgan fingerprint density at radius 2 is 1.85 bits per heavy atom. The van der Waals surface area contributed by atoms with E-state index in [2.05, 4.69) is 17.4 Å². The van der Waals surface area contributed by atoms with Crippen LogP contribution < -0.4 is 19.5 Å². The maximum Gasteiger partial charge on any atom is 0.231 e. The highest BCUT2D eigenvalue weighted by Crippen LogP contribution is 2.34. The van der Waals surface area contributed by atoms with Gasteiger partial charge in [0.15, 0.2) is 11.5 Å². The summed E-state index contributed by atoms with van der Waals surface area (Å²) in [5.41, 5.74) is 2.32. The third-order valence-electron chi connectivity index (χ3n) is 3.27. The highest BCUT2D eigenvalue weighted by molar-refractivity contribution is 5.55. The first-order chi connectivity index (χ1) is 9.85. The Labute approximate surface area is 118 Å². The van der Waals surface area contributed by atoms with Crippen molar-refractivity contribution >= 4 is 5.69 Å². The molecule has 1 aliphatic rings. The van der Waals surface area contributed by atoms with Crippen molar-refractivity contribution in [2.75, 3.05) is 25.8 Å². The van der Waals surface area contributed by atoms with Crippen LogP contribution in [0.5, 0.6) is 17.2 Å². The fourth-order valence-electron chi connectivity index (χ4n) is 2.15. The number of rotatable bonds is 5. The van der Waals surface area contributed by atoms with Gasteiger partial charge in [-0.2, -0.15) is 0 Å². The van der Waals surface area contributed by atoms with E-state index in [4.69, 9.17) is 14.2 Å². The zero-order valence-corrected chi connectivity index (χ0v) is 11.4. The van der Waals surface area contributed by atoms with Gasteiger partial charge in [0, 0.05) is 18.3 Å². The van der Waals surface area contributed by atoms with Crippen LogP contribution in [0.25, 0.3) is 0 Å². The third-order valence-corrected chi connectivity index (χ3v) is 3.27. The summed E-state index contributed by atoms with van der Waals surface area (Å²) < 4.78 is 15.8. The van der Waals surface area contributed by atoms with Gasteiger partial charge in [0.25, 0.3) is 0 Å². The molecule has 104 valence electrons. The van der Waals surface area contributed by atoms with Gasteiger partial charge < -0.3 is 19.5 Å². The summed E-state index contributed by atoms with van der Waals surface area (Å²) in [4.78, 5) is 0. The largest absolute Gasteiger partial charge is 0.497 e. The van der Waals surface area contributed by atoms with Gasteiger partial charge in [0.05, 0.1) is 7.11 Å². The second-order valence-electron chi connectivity index (χ2n) is 4.59. The number of hydrogen-bond donors (Lipinski definition) is 1. The number of benzene rings is 2. The van der Waals surface area contributed by atoms with E-state index in [0.717, 1.165) is 35.9 Å². The second-order valence-corrected chi connectivity index (χ2v) is 4.59. The molecule has 4 nitrogen and oxygen atoms in total. The van der Waals surface area contributed by atoms with Gasteiger partial charge in [-0.1, -0.05) is 12.1 Å². The first kappa shape index (κ1) is 12.7. The van der Waals surface area contributed by atoms with Crippen molar-refractivity contribution < 1.29 is 14.2 Å². The smallest absolute Gasteiger partial charge is 0.231 e. The summed E-state index contributed by atoms with van der Waals surface area (Å²) in [6, 6.07) is 14.0. The van der Waals surface area contributed by atoms with Crippen LogP contribution in [-0.4, -0.2) is 20.4 Å². The van der Waals surface area contributed by atoms with E-state index in [9.17, 15) is 0 Å². The number of nitrogens with one attached hydrogen (secondary N) is 1. The molecule has 0 fully saturated rings. The highest BCUT2D eigenvalue weighted by atomic mass is 16.7. The van der Waals surface area contributed by atoms with Crippen LogP contribution in [0.3, 0.4) is 0 Å². The van der Waals surface area contributed by atoms with Crippen LogP contribution in [0.1, 0.15) is 5.56 Å². The molecule has 0 amide bonds. The van der Waals surface area contributed by atoms with Crippen molar-refractivity contribution in [3.8, 4) is 17.2 Å². The first-order valence-electron chi connectivity index (χ1n) is 6.61. The van der Waals surface area contributed by atoms with Crippen LogP contribution in [0, 0.1) is 0 Å². The van der Waals surface area contributed by atoms with Gasteiger partial charge in [0.1, 0.15) is 5.75 Å². The minimum atomic E-state index is 0.310. The second kappa shape index (κ2) is 5.74. The lowest BCUT2D eigenvalue weighted by atomic mass is 10.1. The molecule has 3 rings (SSSR count). The summed E-state index contributed by atoms with van der Waals surface area (Å²) >= 11 is 0. The van der Waals surface area contributed by atoms with Crippen molar-refractivity contribution in [3.63, 3.8) is 0 Å². The maximum absolute atomic E-state index is 5.35. The predicted octanol–water partition coefficient (Wildman–Crippen LogP) is 3.08. The minimum Gasteiger partial charge on any atom is -0.497 e. The standard InChI is InChI=1S/C16H17NO3/c1-18-14-5-2-12(3-6-14)8-9-17-13-4-7-15-16(10-13)20-11-19-15/h2-7,10,17H,8-9,11H2,1H3. The Hall–Kier alpha value is -2.36. The summed E-state index contributed by atoms with van der Waals surface area (Å²) in [7, 11) is 1.68. The number of ether oxygens (including phenoxy) is 3. The molecule has 0 radical (unpaired) electrons. The van der Waals surface area contributed by atoms with Gasteiger partial charge in [-0.15, -0.1) is 0 Å². The molecule has 0 saturated heterocycles. The molecular formula is C16H17NO3. The molecule has 0 spiro atoms. The topological polar surface area (TPSA) is 39.7 Å². The van der Waals surface area contributed by atoms with Gasteiger partial charge in [-0.3, -0.25) is 0 Å². The number of anilines is 1. The quantitative estimate of drug-likeness (QED) is 0.907. The molecule has 20 heavy (non-hydrogen) atoms. The lowest BCUT2D eigenvalue weighted by Crippen LogP contribution is -2.04. The van der Waals surface area contributed by atoms with Crippen molar-refractivity contribution in [2.45, 2.75) is 6.42 Å². The molecule has 1 aliphatic heterocycles. The molecule has 4 heteroatoms. The van der Waals surface area contributed by atoms with E-state index in [1.807, 2.05) is 30.3 Å². The van der Waals surface area contributed by atoms with Crippen LogP contribution in [0.2, 0.25) is 0 Å². The Balaban J connectivity index is 1.54. The van der Waals surface area contributed by atoms with Crippen LogP contribution >= 0.6 is 0 Å². The van der Waals surface area contributed by atoms with Crippen molar-refractivity contribution in [1.82, 2.24) is 0 Å². The van der Waals surface area contributed by atoms with Crippen molar-refractivity contribution in [2.24, 2.45) is 0 Å². The lowest BCUT2D eigenvalue weighted by molar-refractivity contribution is 0.174. The number of hydrogen-bond acceptors (Lipinski definition) is 4. The Kier molecular flexibility index (Phi) is 3.63. The van der Waals surface area contributed by atoms with Gasteiger partial charge in [-0.05, 0) is 36.2 Å². The molecule has 0 bridgehead atoms. The Morgan fingerprint density at radius 1 is 1.05 bits per heavy atom. The minimum absolute atomic E-state index is 0.310. The fourth-order valence-corrected chi connectivity index (χ4v) is 2.15. The summed E-state index contributed by atoms with van der Waals surface area (Å²) in [5, 5.41) is 3.38. The molecule has 2 aromatic carbocycles. The van der Waals surface area contributed by atoms with E-state index < -0.39 is 0 Å². The molecule has 0 unspecified atom stereocenters. The van der Waals surface area contributed by atoms with E-state index in [-0.39, 0.29) is 0 Å². The average Bonchev–Trinajstić information content (AvgIpc) is 2.95. The summed E-state index contributed by atoms with van der Waals surface area (Å²) in [5.74, 6) is 2.50. The van der Waals surface area contributed by atoms with Crippen molar-refractivity contribution in [3.05, 3.63) is 48.0 Å². The van der Waals surface area contributed by atoms with Crippen LogP contribution in [0.15, 0.2) is 42.5 Å². The Bertz CT molecular complexity index is 581. The average molecular weight is 271 g/mol.